The van der Waals surface area contributed by atoms with Crippen molar-refractivity contribution in [1.29, 1.82) is 0 Å². The molecule has 0 spiro atoms. The fourth-order valence-electron chi connectivity index (χ4n) is 3.09. The molecule has 1 aromatic carbocycles. The van der Waals surface area contributed by atoms with Gasteiger partial charge in [0.15, 0.2) is 5.69 Å². The van der Waals surface area contributed by atoms with E-state index in [1.54, 1.807) is 0 Å². The summed E-state index contributed by atoms with van der Waals surface area (Å²) in [7, 11) is -4.23. The van der Waals surface area contributed by atoms with Gasteiger partial charge in [-0.2, -0.15) is 0 Å². The van der Waals surface area contributed by atoms with E-state index in [9.17, 15) is 27.9 Å². The molecule has 1 aromatic heterocycles. The highest BCUT2D eigenvalue weighted by atomic mass is 32.2. The van der Waals surface area contributed by atoms with Crippen LogP contribution in [0.3, 0.4) is 0 Å². The number of benzene rings is 1. The Bertz CT molecular complexity index is 1120. The van der Waals surface area contributed by atoms with Crippen molar-refractivity contribution in [1.82, 2.24) is 15.0 Å². The molecule has 0 bridgehead atoms. The Balaban J connectivity index is 2.12. The summed E-state index contributed by atoms with van der Waals surface area (Å²) in [5.74, 6) is -2.53. The molecule has 0 aliphatic rings. The van der Waals surface area contributed by atoms with Gasteiger partial charge in [-0.05, 0) is 55.7 Å². The first-order valence-corrected chi connectivity index (χ1v) is 12.4. The third-order valence-electron chi connectivity index (χ3n) is 4.87. The molecule has 0 saturated heterocycles. The van der Waals surface area contributed by atoms with Gasteiger partial charge < -0.3 is 15.2 Å². The highest BCUT2D eigenvalue weighted by Crippen LogP contribution is 2.15. The maximum absolute atomic E-state index is 12.6. The molecule has 11 heteroatoms. The molecule has 0 fully saturated rings. The Kier molecular flexibility index (Phi) is 10.1. The number of aryl methyl sites for hydroxylation is 1. The molecule has 0 unspecified atom stereocenters. The third-order valence-corrected chi connectivity index (χ3v) is 6.22. The standard InChI is InChI=1S/C23H29N3O7S/c1-3-5-6-7-17-14-18(15-25-20(17)23(29)30)22(28)26-34(31,32)19-10-8-16(9-11-19)21(27)24-12-13-33-4-2/h8-11,14-15H,3-7,12-13H2,1-2H3,(H,24,27)(H,26,28)(H,29,30). The molecular weight excluding hydrogens is 462 g/mol. The molecule has 10 nitrogen and oxygen atoms in total. The Morgan fingerprint density at radius 2 is 1.74 bits per heavy atom. The van der Waals surface area contributed by atoms with Crippen LogP contribution in [-0.4, -0.2) is 56.1 Å². The largest absolute Gasteiger partial charge is 0.477 e. The summed E-state index contributed by atoms with van der Waals surface area (Å²) in [5.41, 5.74) is 0.397. The van der Waals surface area contributed by atoms with Crippen LogP contribution in [0.25, 0.3) is 0 Å². The average Bonchev–Trinajstić information content (AvgIpc) is 2.81. The summed E-state index contributed by atoms with van der Waals surface area (Å²) < 4.78 is 32.4. The van der Waals surface area contributed by atoms with E-state index in [-0.39, 0.29) is 27.6 Å². The molecule has 184 valence electrons. The van der Waals surface area contributed by atoms with Crippen LogP contribution in [0.4, 0.5) is 0 Å². The van der Waals surface area contributed by atoms with E-state index >= 15 is 0 Å². The summed E-state index contributed by atoms with van der Waals surface area (Å²) in [5, 5.41) is 12.0. The molecule has 2 aromatic rings. The van der Waals surface area contributed by atoms with Gasteiger partial charge in [-0.25, -0.2) is 22.9 Å². The van der Waals surface area contributed by atoms with Gasteiger partial charge in [0.05, 0.1) is 17.1 Å². The number of amides is 2. The number of pyridine rings is 1. The van der Waals surface area contributed by atoms with E-state index < -0.39 is 21.9 Å². The van der Waals surface area contributed by atoms with Crippen molar-refractivity contribution in [2.45, 2.75) is 44.4 Å². The van der Waals surface area contributed by atoms with Crippen LogP contribution < -0.4 is 10.0 Å². The number of aromatic carboxylic acids is 1. The summed E-state index contributed by atoms with van der Waals surface area (Å²) in [6.45, 7) is 5.07. The lowest BCUT2D eigenvalue weighted by Crippen LogP contribution is -2.31. The second kappa shape index (κ2) is 12.8. The van der Waals surface area contributed by atoms with Crippen molar-refractivity contribution in [3.05, 3.63) is 58.9 Å². The first kappa shape index (κ1) is 26.9. The zero-order valence-corrected chi connectivity index (χ0v) is 20.0. The van der Waals surface area contributed by atoms with Crippen molar-refractivity contribution in [2.75, 3.05) is 19.8 Å². The minimum absolute atomic E-state index is 0.0645. The minimum atomic E-state index is -4.23. The number of aromatic nitrogens is 1. The number of carboxylic acids is 1. The highest BCUT2D eigenvalue weighted by molar-refractivity contribution is 7.90. The zero-order valence-electron chi connectivity index (χ0n) is 19.2. The molecule has 2 amide bonds. The SMILES string of the molecule is CCCCCc1cc(C(=O)NS(=O)(=O)c2ccc(C(=O)NCCOCC)cc2)cnc1C(=O)O. The normalized spacial score (nSPS) is 11.1. The van der Waals surface area contributed by atoms with Gasteiger partial charge in [0, 0.05) is 24.9 Å². The van der Waals surface area contributed by atoms with Crippen molar-refractivity contribution in [3.63, 3.8) is 0 Å². The maximum atomic E-state index is 12.6. The summed E-state index contributed by atoms with van der Waals surface area (Å²) in [6.07, 6.45) is 3.97. The number of carbonyl (C=O) groups is 3. The fourth-order valence-corrected chi connectivity index (χ4v) is 4.07. The number of nitrogens with one attached hydrogen (secondary N) is 2. The van der Waals surface area contributed by atoms with Crippen LogP contribution in [0.2, 0.25) is 0 Å². The molecule has 2 rings (SSSR count). The van der Waals surface area contributed by atoms with Crippen molar-refractivity contribution < 1.29 is 32.6 Å². The monoisotopic (exact) mass is 491 g/mol. The lowest BCUT2D eigenvalue weighted by molar-refractivity contribution is 0.0688. The van der Waals surface area contributed by atoms with Crippen LogP contribution in [0.1, 0.15) is 69.9 Å². The van der Waals surface area contributed by atoms with E-state index in [0.717, 1.165) is 19.0 Å². The molecule has 0 aliphatic heterocycles. The topological polar surface area (TPSA) is 152 Å². The van der Waals surface area contributed by atoms with Gasteiger partial charge in [0.25, 0.3) is 21.8 Å². The minimum Gasteiger partial charge on any atom is -0.477 e. The van der Waals surface area contributed by atoms with Crippen molar-refractivity contribution in [2.24, 2.45) is 0 Å². The van der Waals surface area contributed by atoms with Gasteiger partial charge in [-0.15, -0.1) is 0 Å². The second-order valence-electron chi connectivity index (χ2n) is 7.41. The van der Waals surface area contributed by atoms with Gasteiger partial charge in [0.1, 0.15) is 0 Å². The lowest BCUT2D eigenvalue weighted by atomic mass is 10.0. The molecule has 0 saturated carbocycles. The molecule has 0 aliphatic carbocycles. The number of unbranched alkanes of at least 4 members (excludes halogenated alkanes) is 2. The number of carbonyl (C=O) groups excluding carboxylic acids is 2. The van der Waals surface area contributed by atoms with Gasteiger partial charge in [-0.3, -0.25) is 9.59 Å². The highest BCUT2D eigenvalue weighted by Gasteiger charge is 2.21. The van der Waals surface area contributed by atoms with E-state index in [2.05, 4.69) is 10.3 Å². The Hall–Kier alpha value is -3.31. The van der Waals surface area contributed by atoms with Gasteiger partial charge in [-0.1, -0.05) is 19.8 Å². The van der Waals surface area contributed by atoms with Crippen LogP contribution in [-0.2, 0) is 21.2 Å². The van der Waals surface area contributed by atoms with Crippen LogP contribution in [0.15, 0.2) is 41.4 Å². The second-order valence-corrected chi connectivity index (χ2v) is 9.09. The summed E-state index contributed by atoms with van der Waals surface area (Å²) >= 11 is 0. The molecule has 1 heterocycles. The Morgan fingerprint density at radius 1 is 1.03 bits per heavy atom. The number of hydrogen-bond donors (Lipinski definition) is 3. The van der Waals surface area contributed by atoms with Crippen LogP contribution in [0.5, 0.6) is 0 Å². The number of hydrogen-bond acceptors (Lipinski definition) is 7. The van der Waals surface area contributed by atoms with Crippen LogP contribution >= 0.6 is 0 Å². The number of nitrogens with zero attached hydrogens (tertiary/aromatic N) is 1. The molecule has 3 N–H and O–H groups in total. The van der Waals surface area contributed by atoms with Crippen molar-refractivity contribution >= 4 is 27.8 Å². The average molecular weight is 492 g/mol. The van der Waals surface area contributed by atoms with E-state index in [4.69, 9.17) is 4.74 Å². The Labute approximate surface area is 198 Å². The molecule has 0 radical (unpaired) electrons. The van der Waals surface area contributed by atoms with E-state index in [1.807, 2.05) is 18.6 Å². The quantitative estimate of drug-likeness (QED) is 0.361. The molecule has 0 atom stereocenters. The van der Waals surface area contributed by atoms with Gasteiger partial charge in [0.2, 0.25) is 0 Å². The Morgan fingerprint density at radius 3 is 2.35 bits per heavy atom. The molecule has 34 heavy (non-hydrogen) atoms. The first-order chi connectivity index (χ1) is 16.2. The van der Waals surface area contributed by atoms with Gasteiger partial charge >= 0.3 is 5.97 Å². The summed E-state index contributed by atoms with van der Waals surface area (Å²) in [6, 6.07) is 6.46. The van der Waals surface area contributed by atoms with E-state index in [1.165, 1.54) is 30.3 Å². The fraction of sp³-hybridized carbons (Fsp3) is 0.391. The zero-order chi connectivity index (χ0) is 25.1. The molecular formula is C23H29N3O7S. The third kappa shape index (κ3) is 7.63. The number of carboxylic acid groups (broad SMARTS) is 1. The van der Waals surface area contributed by atoms with E-state index in [0.29, 0.717) is 38.2 Å². The lowest BCUT2D eigenvalue weighted by Gasteiger charge is -2.10. The van der Waals surface area contributed by atoms with Crippen LogP contribution in [0, 0.1) is 0 Å². The smallest absolute Gasteiger partial charge is 0.354 e. The predicted octanol–water partition coefficient (Wildman–Crippen LogP) is 2.40. The number of sulfonamides is 1. The first-order valence-electron chi connectivity index (χ1n) is 10.9. The number of ether oxygens (including phenoxy) is 1. The maximum Gasteiger partial charge on any atom is 0.354 e. The number of rotatable bonds is 13. The van der Waals surface area contributed by atoms with Crippen molar-refractivity contribution in [3.8, 4) is 0 Å². The summed E-state index contributed by atoms with van der Waals surface area (Å²) in [4.78, 5) is 39.7. The predicted molar refractivity (Wildman–Crippen MR) is 124 cm³/mol.